The van der Waals surface area contributed by atoms with Gasteiger partial charge in [-0.2, -0.15) is 0 Å². The van der Waals surface area contributed by atoms with Crippen LogP contribution in [0.5, 0.6) is 5.75 Å². The number of rotatable bonds is 5. The number of nitrogens with zero attached hydrogens (tertiary/aromatic N) is 1. The van der Waals surface area contributed by atoms with E-state index in [0.717, 1.165) is 37.1 Å². The first-order valence-corrected chi connectivity index (χ1v) is 8.89. The van der Waals surface area contributed by atoms with Crippen molar-refractivity contribution in [1.29, 1.82) is 0 Å². The van der Waals surface area contributed by atoms with Crippen molar-refractivity contribution in [3.8, 4) is 5.75 Å². The van der Waals surface area contributed by atoms with E-state index in [9.17, 15) is 9.59 Å². The predicted molar refractivity (Wildman–Crippen MR) is 92.9 cm³/mol. The smallest absolute Gasteiger partial charge is 0.227 e. The van der Waals surface area contributed by atoms with Crippen LogP contribution in [0.2, 0.25) is 0 Å². The first-order chi connectivity index (χ1) is 11.5. The number of hydrogen-bond acceptors (Lipinski definition) is 3. The average Bonchev–Trinajstić information content (AvgIpc) is 3.40. The third kappa shape index (κ3) is 4.28. The molecule has 0 atom stereocenters. The van der Waals surface area contributed by atoms with E-state index in [4.69, 9.17) is 4.74 Å². The van der Waals surface area contributed by atoms with Gasteiger partial charge in [-0.05, 0) is 63.8 Å². The molecule has 2 fully saturated rings. The monoisotopic (exact) mass is 330 g/mol. The second-order valence-electron chi connectivity index (χ2n) is 7.05. The second-order valence-corrected chi connectivity index (χ2v) is 7.05. The van der Waals surface area contributed by atoms with Crippen molar-refractivity contribution in [2.45, 2.75) is 45.6 Å². The maximum absolute atomic E-state index is 12.4. The number of hydrogen-bond donors (Lipinski definition) is 1. The van der Waals surface area contributed by atoms with Gasteiger partial charge in [-0.1, -0.05) is 0 Å². The van der Waals surface area contributed by atoms with Crippen molar-refractivity contribution >= 4 is 17.5 Å². The first kappa shape index (κ1) is 16.8. The molecular weight excluding hydrogens is 304 g/mol. The summed E-state index contributed by atoms with van der Waals surface area (Å²) in [5, 5.41) is 2.97. The van der Waals surface area contributed by atoms with Gasteiger partial charge in [-0.15, -0.1) is 0 Å². The number of amides is 2. The first-order valence-electron chi connectivity index (χ1n) is 8.89. The summed E-state index contributed by atoms with van der Waals surface area (Å²) < 4.78 is 5.60. The number of carbonyl (C=O) groups is 2. The van der Waals surface area contributed by atoms with Crippen LogP contribution in [0.4, 0.5) is 5.69 Å². The van der Waals surface area contributed by atoms with Gasteiger partial charge < -0.3 is 15.0 Å². The van der Waals surface area contributed by atoms with Crippen molar-refractivity contribution in [3.05, 3.63) is 24.3 Å². The highest BCUT2D eigenvalue weighted by atomic mass is 16.5. The largest absolute Gasteiger partial charge is 0.491 e. The molecule has 1 saturated heterocycles. The fraction of sp³-hybridized carbons (Fsp3) is 0.579. The molecule has 0 aromatic heterocycles. The maximum atomic E-state index is 12.4. The van der Waals surface area contributed by atoms with E-state index in [-0.39, 0.29) is 29.8 Å². The molecule has 5 nitrogen and oxygen atoms in total. The summed E-state index contributed by atoms with van der Waals surface area (Å²) in [5.41, 5.74) is 0.785. The van der Waals surface area contributed by atoms with Gasteiger partial charge in [-0.3, -0.25) is 9.59 Å². The summed E-state index contributed by atoms with van der Waals surface area (Å²) in [4.78, 5) is 26.4. The second kappa shape index (κ2) is 7.24. The van der Waals surface area contributed by atoms with Crippen molar-refractivity contribution in [2.75, 3.05) is 18.4 Å². The number of piperidine rings is 1. The topological polar surface area (TPSA) is 58.6 Å². The van der Waals surface area contributed by atoms with Crippen LogP contribution in [0.15, 0.2) is 24.3 Å². The number of anilines is 1. The number of benzene rings is 1. The minimum absolute atomic E-state index is 0.0140. The van der Waals surface area contributed by atoms with Gasteiger partial charge in [0.15, 0.2) is 0 Å². The lowest BCUT2D eigenvalue weighted by Crippen LogP contribution is -2.42. The van der Waals surface area contributed by atoms with Crippen molar-refractivity contribution in [1.82, 2.24) is 4.90 Å². The van der Waals surface area contributed by atoms with E-state index >= 15 is 0 Å². The molecule has 0 spiro atoms. The number of nitrogens with one attached hydrogen (secondary N) is 1. The van der Waals surface area contributed by atoms with Crippen LogP contribution < -0.4 is 10.1 Å². The molecule has 1 saturated carbocycles. The molecule has 3 rings (SSSR count). The van der Waals surface area contributed by atoms with Crippen LogP contribution in [-0.4, -0.2) is 35.9 Å². The third-order valence-corrected chi connectivity index (χ3v) is 4.60. The number of carbonyl (C=O) groups excluding carboxylic acids is 2. The zero-order valence-electron chi connectivity index (χ0n) is 14.5. The minimum Gasteiger partial charge on any atom is -0.491 e. The molecule has 1 N–H and O–H groups in total. The lowest BCUT2D eigenvalue weighted by atomic mass is 9.95. The van der Waals surface area contributed by atoms with Crippen molar-refractivity contribution < 1.29 is 14.3 Å². The molecule has 0 radical (unpaired) electrons. The lowest BCUT2D eigenvalue weighted by Gasteiger charge is -2.31. The van der Waals surface area contributed by atoms with Gasteiger partial charge >= 0.3 is 0 Å². The molecule has 1 aliphatic carbocycles. The molecule has 5 heteroatoms. The summed E-state index contributed by atoms with van der Waals surface area (Å²) in [6.07, 6.45) is 3.71. The average molecular weight is 330 g/mol. The van der Waals surface area contributed by atoms with Crippen LogP contribution in [0.25, 0.3) is 0 Å². The van der Waals surface area contributed by atoms with Crippen LogP contribution in [0, 0.1) is 11.8 Å². The van der Waals surface area contributed by atoms with E-state index < -0.39 is 0 Å². The van der Waals surface area contributed by atoms with E-state index in [2.05, 4.69) is 5.32 Å². The lowest BCUT2D eigenvalue weighted by molar-refractivity contribution is -0.135. The molecule has 2 aliphatic rings. The Bertz CT molecular complexity index is 585. The van der Waals surface area contributed by atoms with Crippen LogP contribution in [0.3, 0.4) is 0 Å². The zero-order chi connectivity index (χ0) is 17.1. The van der Waals surface area contributed by atoms with Gasteiger partial charge in [-0.25, -0.2) is 0 Å². The van der Waals surface area contributed by atoms with Gasteiger partial charge in [0, 0.05) is 30.6 Å². The highest BCUT2D eigenvalue weighted by Gasteiger charge is 2.35. The van der Waals surface area contributed by atoms with E-state index in [1.54, 1.807) is 0 Å². The number of ether oxygens (including phenoxy) is 1. The van der Waals surface area contributed by atoms with Crippen LogP contribution in [0.1, 0.15) is 39.5 Å². The Hall–Kier alpha value is -2.04. The molecule has 1 aromatic carbocycles. The fourth-order valence-electron chi connectivity index (χ4n) is 3.08. The maximum Gasteiger partial charge on any atom is 0.227 e. The molecule has 24 heavy (non-hydrogen) atoms. The molecule has 1 heterocycles. The quantitative estimate of drug-likeness (QED) is 0.903. The summed E-state index contributed by atoms with van der Waals surface area (Å²) in [5.74, 6) is 1.39. The Morgan fingerprint density at radius 2 is 1.67 bits per heavy atom. The minimum atomic E-state index is -0.0140. The third-order valence-electron chi connectivity index (χ3n) is 4.60. The Kier molecular flexibility index (Phi) is 5.07. The molecule has 1 aliphatic heterocycles. The Labute approximate surface area is 143 Å². The van der Waals surface area contributed by atoms with Crippen molar-refractivity contribution in [3.63, 3.8) is 0 Å². The molecular formula is C19H26N2O3. The summed E-state index contributed by atoms with van der Waals surface area (Å²) >= 11 is 0. The van der Waals surface area contributed by atoms with Gasteiger partial charge in [0.2, 0.25) is 11.8 Å². The molecule has 130 valence electrons. The van der Waals surface area contributed by atoms with E-state index in [1.807, 2.05) is 43.0 Å². The molecule has 0 unspecified atom stereocenters. The molecule has 1 aromatic rings. The highest BCUT2D eigenvalue weighted by molar-refractivity contribution is 5.92. The Morgan fingerprint density at radius 3 is 2.21 bits per heavy atom. The summed E-state index contributed by atoms with van der Waals surface area (Å²) in [7, 11) is 0. The Morgan fingerprint density at radius 1 is 1.04 bits per heavy atom. The van der Waals surface area contributed by atoms with E-state index in [0.29, 0.717) is 13.1 Å². The molecule has 2 amide bonds. The highest BCUT2D eigenvalue weighted by Crippen LogP contribution is 2.32. The van der Waals surface area contributed by atoms with Gasteiger partial charge in [0.05, 0.1) is 6.10 Å². The van der Waals surface area contributed by atoms with Gasteiger partial charge in [0.25, 0.3) is 0 Å². The molecule has 0 bridgehead atoms. The summed E-state index contributed by atoms with van der Waals surface area (Å²) in [6.45, 7) is 5.37. The van der Waals surface area contributed by atoms with Crippen LogP contribution >= 0.6 is 0 Å². The zero-order valence-corrected chi connectivity index (χ0v) is 14.5. The van der Waals surface area contributed by atoms with Crippen LogP contribution in [-0.2, 0) is 9.59 Å². The number of likely N-dealkylation sites (tertiary alicyclic amines) is 1. The standard InChI is InChI=1S/C19H26N2O3/c1-13(2)24-17-7-5-16(6-8-17)20-18(22)14-9-11-21(12-10-14)19(23)15-3-4-15/h5-8,13-15H,3-4,9-12H2,1-2H3,(H,20,22). The fourth-order valence-corrected chi connectivity index (χ4v) is 3.08. The van der Waals surface area contributed by atoms with E-state index in [1.165, 1.54) is 0 Å². The van der Waals surface area contributed by atoms with Crippen molar-refractivity contribution in [2.24, 2.45) is 11.8 Å². The predicted octanol–water partition coefficient (Wildman–Crippen LogP) is 3.06. The SMILES string of the molecule is CC(C)Oc1ccc(NC(=O)C2CCN(C(=O)C3CC3)CC2)cc1. The van der Waals surface area contributed by atoms with Gasteiger partial charge in [0.1, 0.15) is 5.75 Å². The normalized spacial score (nSPS) is 18.5. The summed E-state index contributed by atoms with van der Waals surface area (Å²) in [6, 6.07) is 7.46. The Balaban J connectivity index is 1.47.